The number of nitrogens with zero attached hydrogens (tertiary/aromatic N) is 2. The third-order valence-corrected chi connectivity index (χ3v) is 3.06. The van der Waals surface area contributed by atoms with E-state index in [4.69, 9.17) is 0 Å². The Bertz CT molecular complexity index is 619. The highest BCUT2D eigenvalue weighted by molar-refractivity contribution is 9.11. The summed E-state index contributed by atoms with van der Waals surface area (Å²) in [6.45, 7) is 4.13. The molecule has 2 aromatic rings. The van der Waals surface area contributed by atoms with Crippen molar-refractivity contribution in [2.45, 2.75) is 6.54 Å². The molecule has 0 aliphatic rings. The van der Waals surface area contributed by atoms with Crippen molar-refractivity contribution in [2.24, 2.45) is 0 Å². The van der Waals surface area contributed by atoms with Gasteiger partial charge in [-0.05, 0) is 28.1 Å². The summed E-state index contributed by atoms with van der Waals surface area (Å²) in [5.74, 6) is 0. The summed E-state index contributed by atoms with van der Waals surface area (Å²) >= 11 is 6.59. The van der Waals surface area contributed by atoms with Gasteiger partial charge in [-0.3, -0.25) is 9.36 Å². The largest absolute Gasteiger partial charge is 0.294 e. The van der Waals surface area contributed by atoms with E-state index >= 15 is 0 Å². The molecule has 0 saturated carbocycles. The first-order valence-corrected chi connectivity index (χ1v) is 6.15. The maximum atomic E-state index is 12.1. The van der Waals surface area contributed by atoms with Crippen molar-refractivity contribution in [1.82, 2.24) is 9.55 Å². The smallest absolute Gasteiger partial charge is 0.262 e. The van der Waals surface area contributed by atoms with Gasteiger partial charge in [-0.2, -0.15) is 0 Å². The number of halogens is 2. The van der Waals surface area contributed by atoms with Gasteiger partial charge < -0.3 is 0 Å². The number of hydrogen-bond acceptors (Lipinski definition) is 2. The fourth-order valence-electron chi connectivity index (χ4n) is 1.46. The van der Waals surface area contributed by atoms with E-state index in [1.165, 1.54) is 10.9 Å². The minimum Gasteiger partial charge on any atom is -0.294 e. The normalized spacial score (nSPS) is 10.6. The van der Waals surface area contributed by atoms with Crippen LogP contribution in [0.15, 0.2) is 44.9 Å². The third-order valence-electron chi connectivity index (χ3n) is 2.14. The Labute approximate surface area is 109 Å². The van der Waals surface area contributed by atoms with Gasteiger partial charge in [0, 0.05) is 8.96 Å². The zero-order valence-corrected chi connectivity index (χ0v) is 11.5. The van der Waals surface area contributed by atoms with Crippen molar-refractivity contribution in [1.29, 1.82) is 0 Å². The lowest BCUT2D eigenvalue weighted by atomic mass is 10.2. The van der Waals surface area contributed by atoms with Crippen LogP contribution in [0.25, 0.3) is 10.9 Å². The van der Waals surface area contributed by atoms with E-state index in [2.05, 4.69) is 43.4 Å². The minimum absolute atomic E-state index is 0.0712. The van der Waals surface area contributed by atoms with Gasteiger partial charge in [0.25, 0.3) is 5.56 Å². The van der Waals surface area contributed by atoms with Gasteiger partial charge in [0.2, 0.25) is 0 Å². The second-order valence-electron chi connectivity index (χ2n) is 3.33. The number of allylic oxidation sites excluding steroid dienone is 1. The van der Waals surface area contributed by atoms with Gasteiger partial charge in [0.15, 0.2) is 0 Å². The Kier molecular flexibility index (Phi) is 3.25. The summed E-state index contributed by atoms with van der Waals surface area (Å²) in [5.41, 5.74) is 0.619. The minimum atomic E-state index is -0.0712. The molecule has 0 bridgehead atoms. The maximum absolute atomic E-state index is 12.1. The lowest BCUT2D eigenvalue weighted by Gasteiger charge is -2.06. The monoisotopic (exact) mass is 342 g/mol. The molecule has 0 fully saturated rings. The quantitative estimate of drug-likeness (QED) is 0.839. The van der Waals surface area contributed by atoms with E-state index in [-0.39, 0.29) is 5.56 Å². The van der Waals surface area contributed by atoms with Crippen molar-refractivity contribution in [2.75, 3.05) is 0 Å². The van der Waals surface area contributed by atoms with E-state index in [0.29, 0.717) is 17.4 Å². The first-order chi connectivity index (χ1) is 7.59. The number of fused-ring (bicyclic) bond motifs is 1. The highest BCUT2D eigenvalue weighted by Gasteiger charge is 2.07. The maximum Gasteiger partial charge on any atom is 0.262 e. The van der Waals surface area contributed by atoms with Crippen LogP contribution < -0.4 is 5.56 Å². The number of benzene rings is 1. The van der Waals surface area contributed by atoms with Crippen LogP contribution in [0, 0.1) is 0 Å². The van der Waals surface area contributed by atoms with E-state index < -0.39 is 0 Å². The SMILES string of the molecule is C=C(Br)Cn1cnc2cccc(Br)c2c1=O. The molecule has 5 heteroatoms. The molecule has 0 aliphatic heterocycles. The first-order valence-electron chi connectivity index (χ1n) is 4.56. The van der Waals surface area contributed by atoms with Gasteiger partial charge in [0.1, 0.15) is 0 Å². The standard InChI is InChI=1S/C11H8Br2N2O/c1-7(12)5-15-6-14-9-4-2-3-8(13)10(9)11(15)16/h2-4,6H,1,5H2. The zero-order valence-electron chi connectivity index (χ0n) is 8.28. The molecular formula is C11H8Br2N2O. The summed E-state index contributed by atoms with van der Waals surface area (Å²) in [6.07, 6.45) is 1.53. The molecule has 1 aromatic heterocycles. The number of rotatable bonds is 2. The summed E-state index contributed by atoms with van der Waals surface area (Å²) in [5, 5.41) is 0.596. The van der Waals surface area contributed by atoms with Gasteiger partial charge in [-0.15, -0.1) is 0 Å². The summed E-state index contributed by atoms with van der Waals surface area (Å²) in [6, 6.07) is 5.50. The Morgan fingerprint density at radius 2 is 2.25 bits per heavy atom. The predicted molar refractivity (Wildman–Crippen MR) is 71.8 cm³/mol. The third kappa shape index (κ3) is 2.10. The van der Waals surface area contributed by atoms with Crippen molar-refractivity contribution >= 4 is 42.8 Å². The summed E-state index contributed by atoms with van der Waals surface area (Å²) < 4.78 is 3.02. The molecular weight excluding hydrogens is 336 g/mol. The van der Waals surface area contributed by atoms with E-state index in [0.717, 1.165) is 8.96 Å². The Morgan fingerprint density at radius 1 is 1.50 bits per heavy atom. The predicted octanol–water partition coefficient (Wildman–Crippen LogP) is 3.07. The second-order valence-corrected chi connectivity index (χ2v) is 5.30. The zero-order chi connectivity index (χ0) is 11.7. The summed E-state index contributed by atoms with van der Waals surface area (Å²) in [7, 11) is 0. The van der Waals surface area contributed by atoms with Crippen LogP contribution in [0.4, 0.5) is 0 Å². The molecule has 0 N–H and O–H groups in total. The van der Waals surface area contributed by atoms with Gasteiger partial charge >= 0.3 is 0 Å². The topological polar surface area (TPSA) is 34.9 Å². The number of aromatic nitrogens is 2. The lowest BCUT2D eigenvalue weighted by Crippen LogP contribution is -2.20. The Hall–Kier alpha value is -0.940. The Balaban J connectivity index is 2.73. The fraction of sp³-hybridized carbons (Fsp3) is 0.0909. The van der Waals surface area contributed by atoms with Crippen molar-refractivity contribution in [3.63, 3.8) is 0 Å². The van der Waals surface area contributed by atoms with Crippen molar-refractivity contribution < 1.29 is 0 Å². The lowest BCUT2D eigenvalue weighted by molar-refractivity contribution is 0.762. The number of hydrogen-bond donors (Lipinski definition) is 0. The second kappa shape index (κ2) is 4.51. The molecule has 0 spiro atoms. The van der Waals surface area contributed by atoms with E-state index in [1.54, 1.807) is 0 Å². The molecule has 0 amide bonds. The van der Waals surface area contributed by atoms with Crippen LogP contribution in [0.5, 0.6) is 0 Å². The molecule has 82 valence electrons. The molecule has 16 heavy (non-hydrogen) atoms. The van der Waals surface area contributed by atoms with Crippen molar-refractivity contribution in [3.05, 3.63) is 50.4 Å². The molecule has 0 saturated heterocycles. The van der Waals surface area contributed by atoms with Crippen LogP contribution >= 0.6 is 31.9 Å². The fourth-order valence-corrected chi connectivity index (χ4v) is 2.25. The first kappa shape index (κ1) is 11.5. The highest BCUT2D eigenvalue weighted by Crippen LogP contribution is 2.18. The van der Waals surface area contributed by atoms with E-state index in [9.17, 15) is 4.79 Å². The van der Waals surface area contributed by atoms with E-state index in [1.807, 2.05) is 18.2 Å². The molecule has 0 aliphatic carbocycles. The van der Waals surface area contributed by atoms with Crippen LogP contribution in [0.2, 0.25) is 0 Å². The molecule has 0 atom stereocenters. The van der Waals surface area contributed by atoms with Crippen molar-refractivity contribution in [3.8, 4) is 0 Å². The van der Waals surface area contributed by atoms with Gasteiger partial charge in [0.05, 0.1) is 23.8 Å². The average Bonchev–Trinajstić information content (AvgIpc) is 2.22. The molecule has 3 nitrogen and oxygen atoms in total. The Morgan fingerprint density at radius 3 is 2.94 bits per heavy atom. The van der Waals surface area contributed by atoms with Crippen LogP contribution in [-0.4, -0.2) is 9.55 Å². The highest BCUT2D eigenvalue weighted by atomic mass is 79.9. The molecule has 1 aromatic carbocycles. The molecule has 0 unspecified atom stereocenters. The van der Waals surface area contributed by atoms with Crippen LogP contribution in [0.3, 0.4) is 0 Å². The van der Waals surface area contributed by atoms with Gasteiger partial charge in [-0.25, -0.2) is 4.98 Å². The molecule has 0 radical (unpaired) electrons. The molecule has 2 rings (SSSR count). The molecule has 1 heterocycles. The average molecular weight is 344 g/mol. The van der Waals surface area contributed by atoms with Crippen LogP contribution in [-0.2, 0) is 6.54 Å². The summed E-state index contributed by atoms with van der Waals surface area (Å²) in [4.78, 5) is 16.3. The van der Waals surface area contributed by atoms with Crippen LogP contribution in [0.1, 0.15) is 0 Å². The van der Waals surface area contributed by atoms with Gasteiger partial charge in [-0.1, -0.05) is 28.6 Å².